The first kappa shape index (κ1) is 20.5. The summed E-state index contributed by atoms with van der Waals surface area (Å²) in [4.78, 5) is 12.0. The molecule has 3 rings (SSSR count). The normalized spacial score (nSPS) is 12.0. The second-order valence-electron chi connectivity index (χ2n) is 7.43. The number of hydrogen-bond donors (Lipinski definition) is 1. The van der Waals surface area contributed by atoms with Crippen molar-refractivity contribution in [2.45, 2.75) is 31.1 Å². The summed E-state index contributed by atoms with van der Waals surface area (Å²) >= 11 is 0. The third-order valence-electron chi connectivity index (χ3n) is 4.19. The van der Waals surface area contributed by atoms with Crippen LogP contribution in [0.15, 0.2) is 59.5 Å². The van der Waals surface area contributed by atoms with Crippen molar-refractivity contribution in [2.75, 3.05) is 5.73 Å². The molecule has 1 aromatic heterocycles. The number of aromatic nitrogens is 2. The average molecular weight is 417 g/mol. The van der Waals surface area contributed by atoms with Crippen molar-refractivity contribution in [3.05, 3.63) is 71.5 Å². The van der Waals surface area contributed by atoms with E-state index in [2.05, 4.69) is 25.9 Å². The van der Waals surface area contributed by atoms with Gasteiger partial charge in [-0.15, -0.1) is 9.19 Å². The van der Waals surface area contributed by atoms with Gasteiger partial charge >= 0.3 is 5.97 Å². The molecule has 0 aliphatic rings. The third kappa shape index (κ3) is 4.29. The Bertz CT molecular complexity index is 1160. The minimum absolute atomic E-state index is 0.0685. The van der Waals surface area contributed by atoms with Crippen molar-refractivity contribution >= 4 is 21.8 Å². The topological polar surface area (TPSA) is 104 Å². The molecule has 0 atom stereocenters. The van der Waals surface area contributed by atoms with Crippen LogP contribution in [0.3, 0.4) is 0 Å². The lowest BCUT2D eigenvalue weighted by atomic mass is 9.87. The van der Waals surface area contributed by atoms with Crippen molar-refractivity contribution < 1.29 is 22.3 Å². The maximum atomic E-state index is 13.4. The van der Waals surface area contributed by atoms with E-state index in [1.807, 2.05) is 12.1 Å². The predicted molar refractivity (Wildman–Crippen MR) is 106 cm³/mol. The van der Waals surface area contributed by atoms with Crippen LogP contribution in [-0.4, -0.2) is 23.6 Å². The molecule has 0 aliphatic carbocycles. The first-order valence-electron chi connectivity index (χ1n) is 8.68. The Balaban J connectivity index is 1.84. The first-order chi connectivity index (χ1) is 13.5. The zero-order chi connectivity index (χ0) is 21.4. The van der Waals surface area contributed by atoms with Crippen LogP contribution in [0, 0.1) is 5.82 Å². The lowest BCUT2D eigenvalue weighted by Crippen LogP contribution is -2.17. The molecule has 0 aliphatic heterocycles. The molecule has 0 spiro atoms. The number of halogens is 1. The van der Waals surface area contributed by atoms with E-state index in [9.17, 15) is 17.6 Å². The van der Waals surface area contributed by atoms with Crippen LogP contribution < -0.4 is 10.5 Å². The quantitative estimate of drug-likeness (QED) is 0.653. The van der Waals surface area contributed by atoms with Crippen LogP contribution in [0.25, 0.3) is 0 Å². The Morgan fingerprint density at radius 3 is 2.34 bits per heavy atom. The molecule has 29 heavy (non-hydrogen) atoms. The van der Waals surface area contributed by atoms with Crippen LogP contribution in [0.4, 0.5) is 10.2 Å². The number of hydrogen-bond acceptors (Lipinski definition) is 6. The van der Waals surface area contributed by atoms with Gasteiger partial charge in [0.1, 0.15) is 11.6 Å². The number of nitrogens with two attached hydrogens (primary N) is 1. The Morgan fingerprint density at radius 1 is 1.10 bits per heavy atom. The first-order valence-corrected chi connectivity index (χ1v) is 10.1. The van der Waals surface area contributed by atoms with Gasteiger partial charge in [0.05, 0.1) is 10.5 Å². The Hall–Kier alpha value is -3.20. The molecule has 3 aromatic rings. The van der Waals surface area contributed by atoms with Gasteiger partial charge in [0.15, 0.2) is 0 Å². The summed E-state index contributed by atoms with van der Waals surface area (Å²) in [6, 6.07) is 12.4. The zero-order valence-corrected chi connectivity index (χ0v) is 16.9. The Morgan fingerprint density at radius 2 is 1.76 bits per heavy atom. The molecule has 0 saturated heterocycles. The maximum Gasteiger partial charge on any atom is 0.344 e. The lowest BCUT2D eigenvalue weighted by Gasteiger charge is -2.18. The van der Waals surface area contributed by atoms with E-state index < -0.39 is 21.8 Å². The summed E-state index contributed by atoms with van der Waals surface area (Å²) in [6.07, 6.45) is 0. The Labute approximate surface area is 168 Å². The van der Waals surface area contributed by atoms with Crippen molar-refractivity contribution in [3.8, 4) is 5.88 Å². The van der Waals surface area contributed by atoms with Gasteiger partial charge in [-0.25, -0.2) is 9.18 Å². The summed E-state index contributed by atoms with van der Waals surface area (Å²) in [6.45, 7) is 6.15. The van der Waals surface area contributed by atoms with Gasteiger partial charge < -0.3 is 10.5 Å². The summed E-state index contributed by atoms with van der Waals surface area (Å²) in [7, 11) is -4.24. The summed E-state index contributed by atoms with van der Waals surface area (Å²) in [5.74, 6) is -1.99. The molecule has 0 bridgehead atoms. The predicted octanol–water partition coefficient (Wildman–Crippen LogP) is 3.36. The van der Waals surface area contributed by atoms with Gasteiger partial charge in [-0.1, -0.05) is 39.0 Å². The minimum atomic E-state index is -4.24. The fraction of sp³-hybridized carbons (Fsp3) is 0.200. The van der Waals surface area contributed by atoms with E-state index >= 15 is 0 Å². The minimum Gasteiger partial charge on any atom is -0.402 e. The second-order valence-corrected chi connectivity index (χ2v) is 9.20. The highest BCUT2D eigenvalue weighted by Crippen LogP contribution is 2.24. The molecule has 1 heterocycles. The number of carbonyl (C=O) groups is 1. The number of rotatable bonds is 4. The maximum absolute atomic E-state index is 13.4. The molecule has 0 unspecified atom stereocenters. The molecule has 152 valence electrons. The van der Waals surface area contributed by atoms with Gasteiger partial charge in [0.2, 0.25) is 5.88 Å². The fourth-order valence-electron chi connectivity index (χ4n) is 2.59. The smallest absolute Gasteiger partial charge is 0.344 e. The SMILES string of the molecule is CC(C)(C)c1ccc(C(=O)Oc2cc(N)n(S(=O)(=O)c3cccc(F)c3)n2)cc1. The monoisotopic (exact) mass is 417 g/mol. The van der Waals surface area contributed by atoms with E-state index in [1.165, 1.54) is 12.1 Å². The number of nitrogen functional groups attached to an aromatic ring is 1. The number of carbonyl (C=O) groups excluding carboxylic acids is 1. The fourth-order valence-corrected chi connectivity index (χ4v) is 3.82. The summed E-state index contributed by atoms with van der Waals surface area (Å²) in [5.41, 5.74) is 6.97. The molecule has 0 fully saturated rings. The van der Waals surface area contributed by atoms with Crippen LogP contribution in [0.5, 0.6) is 5.88 Å². The van der Waals surface area contributed by atoms with E-state index in [4.69, 9.17) is 10.5 Å². The average Bonchev–Trinajstić information content (AvgIpc) is 3.02. The second kappa shape index (κ2) is 7.32. The van der Waals surface area contributed by atoms with Gasteiger partial charge in [-0.2, -0.15) is 8.42 Å². The highest BCUT2D eigenvalue weighted by molar-refractivity contribution is 7.90. The van der Waals surface area contributed by atoms with Crippen molar-refractivity contribution in [2.24, 2.45) is 0 Å². The van der Waals surface area contributed by atoms with Crippen LogP contribution >= 0.6 is 0 Å². The molecule has 9 heteroatoms. The standard InChI is InChI=1S/C20H20FN3O4S/c1-20(2,3)14-9-7-13(8-10-14)19(25)28-18-12-17(22)24(23-18)29(26,27)16-6-4-5-15(21)11-16/h4-12H,22H2,1-3H3. The van der Waals surface area contributed by atoms with E-state index in [1.54, 1.807) is 12.1 Å². The van der Waals surface area contributed by atoms with Gasteiger partial charge in [-0.05, 0) is 41.3 Å². The number of nitrogens with zero attached hydrogens (tertiary/aromatic N) is 2. The van der Waals surface area contributed by atoms with Crippen LogP contribution in [-0.2, 0) is 15.4 Å². The van der Waals surface area contributed by atoms with Crippen molar-refractivity contribution in [1.29, 1.82) is 0 Å². The number of anilines is 1. The van der Waals surface area contributed by atoms with Gasteiger partial charge in [0.25, 0.3) is 10.0 Å². The summed E-state index contributed by atoms with van der Waals surface area (Å²) < 4.78 is 44.3. The van der Waals surface area contributed by atoms with Gasteiger partial charge in [-0.3, -0.25) is 0 Å². The van der Waals surface area contributed by atoms with Crippen molar-refractivity contribution in [1.82, 2.24) is 9.19 Å². The van der Waals surface area contributed by atoms with Gasteiger partial charge in [0, 0.05) is 6.07 Å². The highest BCUT2D eigenvalue weighted by Gasteiger charge is 2.24. The molecule has 2 N–H and O–H groups in total. The number of esters is 1. The highest BCUT2D eigenvalue weighted by atomic mass is 32.2. The lowest BCUT2D eigenvalue weighted by molar-refractivity contribution is 0.0727. The number of benzene rings is 2. The van der Waals surface area contributed by atoms with Crippen LogP contribution in [0.2, 0.25) is 0 Å². The van der Waals surface area contributed by atoms with E-state index in [0.717, 1.165) is 23.8 Å². The number of ether oxygens (including phenoxy) is 1. The van der Waals surface area contributed by atoms with Crippen molar-refractivity contribution in [3.63, 3.8) is 0 Å². The molecule has 0 amide bonds. The molecule has 0 saturated carbocycles. The zero-order valence-electron chi connectivity index (χ0n) is 16.1. The third-order valence-corrected chi connectivity index (χ3v) is 5.78. The molecular weight excluding hydrogens is 397 g/mol. The molecule has 7 nitrogen and oxygen atoms in total. The summed E-state index contributed by atoms with van der Waals surface area (Å²) in [5, 5.41) is 3.75. The van der Waals surface area contributed by atoms with E-state index in [-0.39, 0.29) is 27.6 Å². The molecule has 0 radical (unpaired) electrons. The largest absolute Gasteiger partial charge is 0.402 e. The Kier molecular flexibility index (Phi) is 5.18. The molecule has 2 aromatic carbocycles. The van der Waals surface area contributed by atoms with E-state index in [0.29, 0.717) is 4.09 Å². The van der Waals surface area contributed by atoms with Crippen LogP contribution in [0.1, 0.15) is 36.7 Å². The molecular formula is C20H20FN3O4S.